The van der Waals surface area contributed by atoms with Crippen LogP contribution in [0.3, 0.4) is 0 Å². The van der Waals surface area contributed by atoms with Gasteiger partial charge in [0.15, 0.2) is 0 Å². The SMILES string of the molecule is C=CCN(CC(=O)O)C(=O)[C@@H](N)C(C)(C)C. The molecular weight excluding hydrogens is 208 g/mol. The van der Waals surface area contributed by atoms with E-state index in [9.17, 15) is 9.59 Å². The van der Waals surface area contributed by atoms with E-state index in [-0.39, 0.29) is 19.0 Å². The van der Waals surface area contributed by atoms with Crippen molar-refractivity contribution in [1.29, 1.82) is 0 Å². The summed E-state index contributed by atoms with van der Waals surface area (Å²) >= 11 is 0. The average molecular weight is 228 g/mol. The van der Waals surface area contributed by atoms with E-state index in [1.807, 2.05) is 20.8 Å². The van der Waals surface area contributed by atoms with Crippen molar-refractivity contribution in [3.05, 3.63) is 12.7 Å². The van der Waals surface area contributed by atoms with E-state index in [1.165, 1.54) is 11.0 Å². The maximum absolute atomic E-state index is 11.9. The maximum atomic E-state index is 11.9. The van der Waals surface area contributed by atoms with Crippen molar-refractivity contribution in [3.8, 4) is 0 Å². The lowest BCUT2D eigenvalue weighted by Gasteiger charge is -2.30. The molecule has 92 valence electrons. The Morgan fingerprint density at radius 3 is 2.31 bits per heavy atom. The first-order valence-corrected chi connectivity index (χ1v) is 5.07. The van der Waals surface area contributed by atoms with Crippen LogP contribution in [0.25, 0.3) is 0 Å². The molecule has 1 amide bonds. The van der Waals surface area contributed by atoms with E-state index in [0.717, 1.165) is 0 Å². The molecule has 3 N–H and O–H groups in total. The Morgan fingerprint density at radius 1 is 1.50 bits per heavy atom. The molecule has 0 heterocycles. The number of aliphatic carboxylic acids is 1. The first-order valence-electron chi connectivity index (χ1n) is 5.07. The molecule has 5 nitrogen and oxygen atoms in total. The van der Waals surface area contributed by atoms with E-state index in [1.54, 1.807) is 0 Å². The molecular formula is C11H20N2O3. The average Bonchev–Trinajstić information content (AvgIpc) is 2.12. The summed E-state index contributed by atoms with van der Waals surface area (Å²) in [5, 5.41) is 8.67. The van der Waals surface area contributed by atoms with Gasteiger partial charge in [-0.05, 0) is 5.41 Å². The van der Waals surface area contributed by atoms with Crippen LogP contribution in [0.4, 0.5) is 0 Å². The van der Waals surface area contributed by atoms with Crippen molar-refractivity contribution in [3.63, 3.8) is 0 Å². The van der Waals surface area contributed by atoms with Crippen molar-refractivity contribution in [2.45, 2.75) is 26.8 Å². The molecule has 0 aromatic carbocycles. The molecule has 0 saturated heterocycles. The molecule has 1 atom stereocenters. The monoisotopic (exact) mass is 228 g/mol. The van der Waals surface area contributed by atoms with Crippen LogP contribution in [0.2, 0.25) is 0 Å². The quantitative estimate of drug-likeness (QED) is 0.669. The Balaban J connectivity index is 4.73. The van der Waals surface area contributed by atoms with Gasteiger partial charge in [-0.2, -0.15) is 0 Å². The molecule has 0 saturated carbocycles. The number of carbonyl (C=O) groups is 2. The van der Waals surface area contributed by atoms with Gasteiger partial charge in [-0.1, -0.05) is 26.8 Å². The normalized spacial score (nSPS) is 13.0. The molecule has 0 aliphatic heterocycles. The number of rotatable bonds is 5. The molecule has 0 radical (unpaired) electrons. The number of nitrogens with two attached hydrogens (primary N) is 1. The van der Waals surface area contributed by atoms with Crippen molar-refractivity contribution >= 4 is 11.9 Å². The number of hydrogen-bond donors (Lipinski definition) is 2. The lowest BCUT2D eigenvalue weighted by Crippen LogP contribution is -2.51. The van der Waals surface area contributed by atoms with E-state index in [4.69, 9.17) is 10.8 Å². The molecule has 0 fully saturated rings. The third kappa shape index (κ3) is 4.44. The first-order chi connectivity index (χ1) is 7.20. The summed E-state index contributed by atoms with van der Waals surface area (Å²) in [4.78, 5) is 23.7. The zero-order valence-electron chi connectivity index (χ0n) is 10.1. The van der Waals surface area contributed by atoms with Crippen LogP contribution in [0.5, 0.6) is 0 Å². The fourth-order valence-corrected chi connectivity index (χ4v) is 1.12. The summed E-state index contributed by atoms with van der Waals surface area (Å²) in [7, 11) is 0. The van der Waals surface area contributed by atoms with Gasteiger partial charge in [0.1, 0.15) is 6.54 Å². The number of hydrogen-bond acceptors (Lipinski definition) is 3. The summed E-state index contributed by atoms with van der Waals surface area (Å²) in [5.41, 5.74) is 5.39. The predicted octanol–water partition coefficient (Wildman–Crippen LogP) is 0.459. The standard InChI is InChI=1S/C11H20N2O3/c1-5-6-13(7-8(14)15)10(16)9(12)11(2,3)4/h5,9H,1,6-7,12H2,2-4H3,(H,14,15)/t9-/m1/s1. The number of amides is 1. The fraction of sp³-hybridized carbons (Fsp3) is 0.636. The van der Waals surface area contributed by atoms with Gasteiger partial charge in [0, 0.05) is 6.54 Å². The molecule has 0 spiro atoms. The van der Waals surface area contributed by atoms with Crippen LogP contribution >= 0.6 is 0 Å². The van der Waals surface area contributed by atoms with Gasteiger partial charge >= 0.3 is 5.97 Å². The highest BCUT2D eigenvalue weighted by molar-refractivity contribution is 5.85. The van der Waals surface area contributed by atoms with Gasteiger partial charge < -0.3 is 15.7 Å². The summed E-state index contributed by atoms with van der Waals surface area (Å²) in [6.45, 7) is 8.83. The van der Waals surface area contributed by atoms with Gasteiger partial charge in [-0.3, -0.25) is 9.59 Å². The molecule has 0 aromatic heterocycles. The zero-order valence-corrected chi connectivity index (χ0v) is 10.1. The number of nitrogens with zero attached hydrogens (tertiary/aromatic N) is 1. The number of carboxylic acids is 1. The molecule has 0 aromatic rings. The minimum Gasteiger partial charge on any atom is -0.480 e. The number of carboxylic acid groups (broad SMARTS) is 1. The zero-order chi connectivity index (χ0) is 12.9. The molecule has 16 heavy (non-hydrogen) atoms. The van der Waals surface area contributed by atoms with Crippen LogP contribution in [-0.2, 0) is 9.59 Å². The lowest BCUT2D eigenvalue weighted by molar-refractivity contribution is -0.145. The van der Waals surface area contributed by atoms with Crippen LogP contribution in [0, 0.1) is 5.41 Å². The van der Waals surface area contributed by atoms with Crippen molar-refractivity contribution in [2.24, 2.45) is 11.1 Å². The fourth-order valence-electron chi connectivity index (χ4n) is 1.12. The third-order valence-electron chi connectivity index (χ3n) is 2.19. The topological polar surface area (TPSA) is 83.6 Å². The Labute approximate surface area is 95.9 Å². The van der Waals surface area contributed by atoms with Gasteiger partial charge in [0.2, 0.25) is 5.91 Å². The molecule has 0 aliphatic rings. The number of carbonyl (C=O) groups excluding carboxylic acids is 1. The Morgan fingerprint density at radius 2 is 2.00 bits per heavy atom. The molecule has 0 aliphatic carbocycles. The highest BCUT2D eigenvalue weighted by Crippen LogP contribution is 2.19. The second-order valence-electron chi connectivity index (χ2n) is 4.74. The molecule has 0 rings (SSSR count). The minimum atomic E-state index is -1.06. The van der Waals surface area contributed by atoms with Gasteiger partial charge in [0.25, 0.3) is 0 Å². The molecule has 5 heteroatoms. The van der Waals surface area contributed by atoms with Gasteiger partial charge in [0.05, 0.1) is 6.04 Å². The van der Waals surface area contributed by atoms with Crippen molar-refractivity contribution < 1.29 is 14.7 Å². The van der Waals surface area contributed by atoms with Crippen molar-refractivity contribution in [2.75, 3.05) is 13.1 Å². The Hall–Kier alpha value is -1.36. The van der Waals surface area contributed by atoms with E-state index in [0.29, 0.717) is 0 Å². The summed E-state index contributed by atoms with van der Waals surface area (Å²) < 4.78 is 0. The van der Waals surface area contributed by atoms with E-state index in [2.05, 4.69) is 6.58 Å². The summed E-state index contributed by atoms with van der Waals surface area (Å²) in [5.74, 6) is -1.42. The molecule has 0 unspecified atom stereocenters. The summed E-state index contributed by atoms with van der Waals surface area (Å²) in [6, 6.07) is -0.716. The maximum Gasteiger partial charge on any atom is 0.323 e. The summed E-state index contributed by atoms with van der Waals surface area (Å²) in [6.07, 6.45) is 1.48. The third-order valence-corrected chi connectivity index (χ3v) is 2.19. The van der Waals surface area contributed by atoms with Crippen LogP contribution in [0.1, 0.15) is 20.8 Å². The minimum absolute atomic E-state index is 0.189. The van der Waals surface area contributed by atoms with E-state index < -0.39 is 17.4 Å². The lowest BCUT2D eigenvalue weighted by atomic mass is 9.86. The van der Waals surface area contributed by atoms with Crippen molar-refractivity contribution in [1.82, 2.24) is 4.90 Å². The Bertz CT molecular complexity index is 281. The highest BCUT2D eigenvalue weighted by Gasteiger charge is 2.31. The van der Waals surface area contributed by atoms with E-state index >= 15 is 0 Å². The second-order valence-corrected chi connectivity index (χ2v) is 4.74. The first kappa shape index (κ1) is 14.6. The molecule has 0 bridgehead atoms. The highest BCUT2D eigenvalue weighted by atomic mass is 16.4. The van der Waals surface area contributed by atoms with Gasteiger partial charge in [-0.15, -0.1) is 6.58 Å². The van der Waals surface area contributed by atoms with Crippen LogP contribution in [0.15, 0.2) is 12.7 Å². The second kappa shape index (κ2) is 5.65. The van der Waals surface area contributed by atoms with Crippen LogP contribution < -0.4 is 5.73 Å². The van der Waals surface area contributed by atoms with Crippen LogP contribution in [-0.4, -0.2) is 41.0 Å². The predicted molar refractivity (Wildman–Crippen MR) is 61.8 cm³/mol. The largest absolute Gasteiger partial charge is 0.480 e. The Kier molecular flexibility index (Phi) is 5.17. The smallest absolute Gasteiger partial charge is 0.323 e. The van der Waals surface area contributed by atoms with Gasteiger partial charge in [-0.25, -0.2) is 0 Å².